The molecule has 8 nitrogen and oxygen atoms in total. The normalized spacial score (nSPS) is 10.3. The largest absolute Gasteiger partial charge is 0.465 e. The van der Waals surface area contributed by atoms with Crippen molar-refractivity contribution in [2.75, 3.05) is 29.1 Å². The Labute approximate surface area is 188 Å². The zero-order valence-corrected chi connectivity index (χ0v) is 18.7. The molecule has 1 heterocycles. The first-order valence-corrected chi connectivity index (χ1v) is 10.4. The smallest absolute Gasteiger partial charge is 0.325 e. The van der Waals surface area contributed by atoms with Gasteiger partial charge in [-0.3, -0.25) is 9.59 Å². The molecule has 31 heavy (non-hydrogen) atoms. The molecule has 0 spiro atoms. The van der Waals surface area contributed by atoms with Gasteiger partial charge in [0.05, 0.1) is 6.61 Å². The minimum atomic E-state index is -0.353. The number of esters is 1. The first-order chi connectivity index (χ1) is 14.9. The van der Waals surface area contributed by atoms with E-state index in [0.29, 0.717) is 29.6 Å². The van der Waals surface area contributed by atoms with E-state index in [1.165, 1.54) is 0 Å². The Kier molecular flexibility index (Phi) is 7.55. The summed E-state index contributed by atoms with van der Waals surface area (Å²) in [6.07, 6.45) is 0. The van der Waals surface area contributed by atoms with Crippen molar-refractivity contribution in [2.24, 2.45) is 0 Å². The minimum Gasteiger partial charge on any atom is -0.465 e. The number of amides is 1. The quantitative estimate of drug-likeness (QED) is 0.404. The number of benzene rings is 2. The van der Waals surface area contributed by atoms with Gasteiger partial charge in [-0.25, -0.2) is 4.98 Å². The molecule has 3 aromatic rings. The average Bonchev–Trinajstić information content (AvgIpc) is 2.73. The van der Waals surface area contributed by atoms with Crippen molar-refractivity contribution in [1.29, 1.82) is 0 Å². The van der Waals surface area contributed by atoms with E-state index in [-0.39, 0.29) is 18.4 Å². The van der Waals surface area contributed by atoms with Crippen LogP contribution in [-0.4, -0.2) is 35.0 Å². The van der Waals surface area contributed by atoms with E-state index in [0.717, 1.165) is 15.9 Å². The number of ether oxygens (including phenoxy) is 1. The van der Waals surface area contributed by atoms with E-state index in [2.05, 4.69) is 41.8 Å². The number of carbonyl (C=O) groups is 2. The van der Waals surface area contributed by atoms with Gasteiger partial charge in [0.25, 0.3) is 5.91 Å². The third kappa shape index (κ3) is 6.78. The van der Waals surface area contributed by atoms with Crippen LogP contribution in [-0.2, 0) is 9.53 Å². The highest BCUT2D eigenvalue weighted by atomic mass is 79.9. The SMILES string of the molecule is CCOC(=O)CNc1cc(C)nc(Nc2ccc(NC(=O)c3cccc(Br)c3)cc2)n1. The second-order valence-corrected chi connectivity index (χ2v) is 7.46. The summed E-state index contributed by atoms with van der Waals surface area (Å²) in [7, 11) is 0. The van der Waals surface area contributed by atoms with Crippen LogP contribution in [0.4, 0.5) is 23.1 Å². The Morgan fingerprint density at radius 3 is 2.48 bits per heavy atom. The fraction of sp³-hybridized carbons (Fsp3) is 0.182. The van der Waals surface area contributed by atoms with Crippen LogP contribution in [0.5, 0.6) is 0 Å². The molecule has 3 N–H and O–H groups in total. The van der Waals surface area contributed by atoms with Gasteiger partial charge >= 0.3 is 5.97 Å². The highest BCUT2D eigenvalue weighted by molar-refractivity contribution is 9.10. The van der Waals surface area contributed by atoms with E-state index in [4.69, 9.17) is 4.74 Å². The summed E-state index contributed by atoms with van der Waals surface area (Å²) in [5.41, 5.74) is 2.72. The lowest BCUT2D eigenvalue weighted by atomic mass is 10.2. The summed E-state index contributed by atoms with van der Waals surface area (Å²) in [6, 6.07) is 16.1. The average molecular weight is 484 g/mol. The van der Waals surface area contributed by atoms with Crippen LogP contribution >= 0.6 is 15.9 Å². The summed E-state index contributed by atoms with van der Waals surface area (Å²) in [5, 5.41) is 8.91. The molecule has 2 aromatic carbocycles. The lowest BCUT2D eigenvalue weighted by Gasteiger charge is -2.11. The molecular formula is C22H22BrN5O3. The van der Waals surface area contributed by atoms with Crippen molar-refractivity contribution >= 4 is 50.9 Å². The maximum Gasteiger partial charge on any atom is 0.325 e. The standard InChI is InChI=1S/C22H22BrN5O3/c1-3-31-20(29)13-24-19-11-14(2)25-22(28-19)27-18-9-7-17(8-10-18)26-21(30)15-5-4-6-16(23)12-15/h4-12H,3,13H2,1-2H3,(H,26,30)(H2,24,25,27,28). The second kappa shape index (κ2) is 10.5. The fourth-order valence-corrected chi connectivity index (χ4v) is 3.09. The minimum absolute atomic E-state index is 0.0239. The number of carbonyl (C=O) groups excluding carboxylic acids is 2. The number of nitrogens with zero attached hydrogens (tertiary/aromatic N) is 2. The predicted octanol–water partition coefficient (Wildman–Crippen LogP) is 4.52. The molecule has 0 unspecified atom stereocenters. The number of rotatable bonds is 8. The van der Waals surface area contributed by atoms with Gasteiger partial charge < -0.3 is 20.7 Å². The van der Waals surface area contributed by atoms with Gasteiger partial charge in [0.1, 0.15) is 12.4 Å². The van der Waals surface area contributed by atoms with Gasteiger partial charge in [0.15, 0.2) is 0 Å². The maximum atomic E-state index is 12.4. The van der Waals surface area contributed by atoms with E-state index in [9.17, 15) is 9.59 Å². The molecule has 0 fully saturated rings. The second-order valence-electron chi connectivity index (χ2n) is 6.54. The zero-order valence-electron chi connectivity index (χ0n) is 17.1. The summed E-state index contributed by atoms with van der Waals surface area (Å²) in [6.45, 7) is 3.95. The van der Waals surface area contributed by atoms with Gasteiger partial charge in [0.2, 0.25) is 5.95 Å². The van der Waals surface area contributed by atoms with Crippen molar-refractivity contribution in [3.05, 3.63) is 70.3 Å². The molecule has 3 rings (SSSR count). The van der Waals surface area contributed by atoms with E-state index in [1.807, 2.05) is 31.2 Å². The molecular weight excluding hydrogens is 462 g/mol. The van der Waals surface area contributed by atoms with Gasteiger partial charge in [0, 0.05) is 33.2 Å². The molecule has 0 aliphatic carbocycles. The van der Waals surface area contributed by atoms with Crippen molar-refractivity contribution < 1.29 is 14.3 Å². The molecule has 0 radical (unpaired) electrons. The van der Waals surface area contributed by atoms with Gasteiger partial charge in [-0.1, -0.05) is 22.0 Å². The molecule has 0 aliphatic heterocycles. The van der Waals surface area contributed by atoms with Crippen molar-refractivity contribution in [2.45, 2.75) is 13.8 Å². The maximum absolute atomic E-state index is 12.4. The molecule has 1 aromatic heterocycles. The van der Waals surface area contributed by atoms with Crippen molar-refractivity contribution in [3.8, 4) is 0 Å². The topological polar surface area (TPSA) is 105 Å². The van der Waals surface area contributed by atoms with E-state index < -0.39 is 0 Å². The Morgan fingerprint density at radius 1 is 1.03 bits per heavy atom. The molecule has 0 atom stereocenters. The van der Waals surface area contributed by atoms with Crippen LogP contribution in [0.1, 0.15) is 23.0 Å². The first-order valence-electron chi connectivity index (χ1n) is 9.62. The molecule has 9 heteroatoms. The third-order valence-electron chi connectivity index (χ3n) is 4.06. The molecule has 0 saturated carbocycles. The van der Waals surface area contributed by atoms with Crippen molar-refractivity contribution in [3.63, 3.8) is 0 Å². The van der Waals surface area contributed by atoms with Crippen LogP contribution < -0.4 is 16.0 Å². The van der Waals surface area contributed by atoms with E-state index >= 15 is 0 Å². The van der Waals surface area contributed by atoms with Crippen LogP contribution in [0.25, 0.3) is 0 Å². The van der Waals surface area contributed by atoms with Crippen LogP contribution in [0.3, 0.4) is 0 Å². The Morgan fingerprint density at radius 2 is 1.77 bits per heavy atom. The number of aromatic nitrogens is 2. The molecule has 0 saturated heterocycles. The zero-order chi connectivity index (χ0) is 22.2. The Bertz CT molecular complexity index is 1070. The number of anilines is 4. The van der Waals surface area contributed by atoms with Gasteiger partial charge in [-0.15, -0.1) is 0 Å². The highest BCUT2D eigenvalue weighted by Gasteiger charge is 2.08. The highest BCUT2D eigenvalue weighted by Crippen LogP contribution is 2.19. The fourth-order valence-electron chi connectivity index (χ4n) is 2.69. The number of hydrogen-bond acceptors (Lipinski definition) is 7. The first kappa shape index (κ1) is 22.2. The number of hydrogen-bond donors (Lipinski definition) is 3. The van der Waals surface area contributed by atoms with Gasteiger partial charge in [-0.2, -0.15) is 4.98 Å². The molecule has 160 valence electrons. The van der Waals surface area contributed by atoms with Crippen LogP contribution in [0, 0.1) is 6.92 Å². The van der Waals surface area contributed by atoms with Crippen LogP contribution in [0.15, 0.2) is 59.1 Å². The van der Waals surface area contributed by atoms with Gasteiger partial charge in [-0.05, 0) is 56.3 Å². The monoisotopic (exact) mass is 483 g/mol. The van der Waals surface area contributed by atoms with E-state index in [1.54, 1.807) is 37.3 Å². The molecule has 0 aliphatic rings. The summed E-state index contributed by atoms with van der Waals surface area (Å²) >= 11 is 3.36. The van der Waals surface area contributed by atoms with Crippen LogP contribution in [0.2, 0.25) is 0 Å². The summed E-state index contributed by atoms with van der Waals surface area (Å²) in [4.78, 5) is 32.6. The Hall–Kier alpha value is -3.46. The molecule has 0 bridgehead atoms. The molecule has 1 amide bonds. The Balaban J connectivity index is 1.63. The predicted molar refractivity (Wildman–Crippen MR) is 124 cm³/mol. The lowest BCUT2D eigenvalue weighted by Crippen LogP contribution is -2.17. The lowest BCUT2D eigenvalue weighted by molar-refractivity contribution is -0.140. The number of aryl methyl sites for hydroxylation is 1. The number of halogens is 1. The summed E-state index contributed by atoms with van der Waals surface area (Å²) < 4.78 is 5.74. The third-order valence-corrected chi connectivity index (χ3v) is 4.55. The summed E-state index contributed by atoms with van der Waals surface area (Å²) in [5.74, 6) is 0.355. The van der Waals surface area contributed by atoms with Crippen molar-refractivity contribution in [1.82, 2.24) is 9.97 Å². The number of nitrogens with one attached hydrogen (secondary N) is 3.